The molecule has 0 atom stereocenters. The lowest BCUT2D eigenvalue weighted by Gasteiger charge is -2.07. The lowest BCUT2D eigenvalue weighted by Crippen LogP contribution is -2.18. The van der Waals surface area contributed by atoms with Crippen molar-refractivity contribution in [2.45, 2.75) is 0 Å². The summed E-state index contributed by atoms with van der Waals surface area (Å²) in [5.74, 6) is -2.53. The maximum Gasteiger partial charge on any atom is 0.258 e. The average Bonchev–Trinajstić information content (AvgIpc) is 2.49. The quantitative estimate of drug-likeness (QED) is 0.912. The molecule has 2 aromatic rings. The first-order valence-corrected chi connectivity index (χ1v) is 6.10. The lowest BCUT2D eigenvalue weighted by atomic mass is 10.1. The van der Waals surface area contributed by atoms with E-state index in [9.17, 15) is 18.4 Å². The summed E-state index contributed by atoms with van der Waals surface area (Å²) in [4.78, 5) is 23.2. The van der Waals surface area contributed by atoms with Gasteiger partial charge in [-0.3, -0.25) is 9.59 Å². The zero-order valence-electron chi connectivity index (χ0n) is 11.1. The second kappa shape index (κ2) is 6.13. The SMILES string of the molecule is CNC(=O)c1ccc(NC(=O)c2cc(F)ccc2F)cc1. The van der Waals surface area contributed by atoms with E-state index in [4.69, 9.17) is 0 Å². The highest BCUT2D eigenvalue weighted by Gasteiger charge is 2.13. The van der Waals surface area contributed by atoms with Crippen LogP contribution in [0.25, 0.3) is 0 Å². The number of nitrogens with one attached hydrogen (secondary N) is 2. The Hall–Kier alpha value is -2.76. The van der Waals surface area contributed by atoms with E-state index in [1.54, 1.807) is 0 Å². The third kappa shape index (κ3) is 3.42. The summed E-state index contributed by atoms with van der Waals surface area (Å²) in [6.07, 6.45) is 0. The molecule has 21 heavy (non-hydrogen) atoms. The van der Waals surface area contributed by atoms with E-state index < -0.39 is 17.5 Å². The van der Waals surface area contributed by atoms with Crippen molar-refractivity contribution in [2.24, 2.45) is 0 Å². The summed E-state index contributed by atoms with van der Waals surface area (Å²) >= 11 is 0. The van der Waals surface area contributed by atoms with Crippen LogP contribution < -0.4 is 10.6 Å². The summed E-state index contributed by atoms with van der Waals surface area (Å²) < 4.78 is 26.5. The number of halogens is 2. The van der Waals surface area contributed by atoms with E-state index in [1.165, 1.54) is 31.3 Å². The van der Waals surface area contributed by atoms with Gasteiger partial charge in [-0.15, -0.1) is 0 Å². The van der Waals surface area contributed by atoms with Crippen molar-refractivity contribution in [1.82, 2.24) is 5.32 Å². The predicted octanol–water partition coefficient (Wildman–Crippen LogP) is 2.58. The predicted molar refractivity (Wildman–Crippen MR) is 74.1 cm³/mol. The van der Waals surface area contributed by atoms with Crippen LogP contribution in [0.3, 0.4) is 0 Å². The molecule has 0 radical (unpaired) electrons. The van der Waals surface area contributed by atoms with E-state index in [1.807, 2.05) is 0 Å². The van der Waals surface area contributed by atoms with Crippen LogP contribution in [0.4, 0.5) is 14.5 Å². The Bertz CT molecular complexity index is 685. The number of carbonyl (C=O) groups is 2. The highest BCUT2D eigenvalue weighted by Crippen LogP contribution is 2.14. The third-order valence-electron chi connectivity index (χ3n) is 2.81. The summed E-state index contributed by atoms with van der Waals surface area (Å²) in [5, 5.41) is 4.90. The van der Waals surface area contributed by atoms with Crippen molar-refractivity contribution in [1.29, 1.82) is 0 Å². The Morgan fingerprint density at radius 3 is 2.24 bits per heavy atom. The van der Waals surface area contributed by atoms with Crippen LogP contribution in [0, 0.1) is 11.6 Å². The molecule has 0 heterocycles. The van der Waals surface area contributed by atoms with Crippen LogP contribution >= 0.6 is 0 Å². The molecule has 0 aliphatic rings. The number of anilines is 1. The minimum absolute atomic E-state index is 0.260. The second-order valence-corrected chi connectivity index (χ2v) is 4.23. The molecule has 2 aromatic carbocycles. The first kappa shape index (κ1) is 14.6. The van der Waals surface area contributed by atoms with E-state index in [2.05, 4.69) is 10.6 Å². The van der Waals surface area contributed by atoms with Crippen molar-refractivity contribution in [3.63, 3.8) is 0 Å². The molecule has 0 saturated heterocycles. The van der Waals surface area contributed by atoms with E-state index >= 15 is 0 Å². The van der Waals surface area contributed by atoms with E-state index in [0.717, 1.165) is 18.2 Å². The molecule has 0 aliphatic carbocycles. The Morgan fingerprint density at radius 2 is 1.62 bits per heavy atom. The molecule has 0 bridgehead atoms. The monoisotopic (exact) mass is 290 g/mol. The van der Waals surface area contributed by atoms with Gasteiger partial charge in [0.1, 0.15) is 11.6 Å². The molecule has 0 saturated carbocycles. The van der Waals surface area contributed by atoms with E-state index in [-0.39, 0.29) is 11.5 Å². The van der Waals surface area contributed by atoms with Crippen LogP contribution in [0.1, 0.15) is 20.7 Å². The number of benzene rings is 2. The first-order chi connectivity index (χ1) is 10.0. The average molecular weight is 290 g/mol. The lowest BCUT2D eigenvalue weighted by molar-refractivity contribution is 0.0962. The van der Waals surface area contributed by atoms with Gasteiger partial charge in [-0.1, -0.05) is 0 Å². The fourth-order valence-corrected chi connectivity index (χ4v) is 1.72. The Kier molecular flexibility index (Phi) is 4.27. The van der Waals surface area contributed by atoms with Crippen LogP contribution in [-0.2, 0) is 0 Å². The highest BCUT2D eigenvalue weighted by molar-refractivity contribution is 6.04. The van der Waals surface area contributed by atoms with Crippen LogP contribution in [0.2, 0.25) is 0 Å². The van der Waals surface area contributed by atoms with Gasteiger partial charge in [0.2, 0.25) is 0 Å². The van der Waals surface area contributed by atoms with Gasteiger partial charge in [0, 0.05) is 18.3 Å². The number of hydrogen-bond acceptors (Lipinski definition) is 2. The van der Waals surface area contributed by atoms with Crippen molar-refractivity contribution in [3.05, 3.63) is 65.2 Å². The van der Waals surface area contributed by atoms with Crippen LogP contribution in [0.15, 0.2) is 42.5 Å². The molecule has 4 nitrogen and oxygen atoms in total. The van der Waals surface area contributed by atoms with Gasteiger partial charge >= 0.3 is 0 Å². The molecule has 2 N–H and O–H groups in total. The first-order valence-electron chi connectivity index (χ1n) is 6.10. The normalized spacial score (nSPS) is 10.0. The topological polar surface area (TPSA) is 58.2 Å². The molecular formula is C15H12F2N2O2. The molecule has 0 spiro atoms. The van der Waals surface area contributed by atoms with Gasteiger partial charge in [-0.05, 0) is 42.5 Å². The minimum atomic E-state index is -0.809. The fourth-order valence-electron chi connectivity index (χ4n) is 1.72. The van der Waals surface area contributed by atoms with Gasteiger partial charge in [-0.2, -0.15) is 0 Å². The van der Waals surface area contributed by atoms with Gasteiger partial charge in [-0.25, -0.2) is 8.78 Å². The van der Waals surface area contributed by atoms with Gasteiger partial charge in [0.05, 0.1) is 5.56 Å². The van der Waals surface area contributed by atoms with Crippen LogP contribution in [-0.4, -0.2) is 18.9 Å². The number of rotatable bonds is 3. The Labute approximate surface area is 119 Å². The van der Waals surface area contributed by atoms with Crippen molar-refractivity contribution >= 4 is 17.5 Å². The van der Waals surface area contributed by atoms with Crippen molar-refractivity contribution in [3.8, 4) is 0 Å². The molecule has 108 valence electrons. The Morgan fingerprint density at radius 1 is 0.952 bits per heavy atom. The molecule has 2 amide bonds. The number of carbonyl (C=O) groups excluding carboxylic acids is 2. The summed E-state index contributed by atoms with van der Waals surface area (Å²) in [6.45, 7) is 0. The third-order valence-corrected chi connectivity index (χ3v) is 2.81. The van der Waals surface area contributed by atoms with Crippen LogP contribution in [0.5, 0.6) is 0 Å². The molecule has 6 heteroatoms. The fraction of sp³-hybridized carbons (Fsp3) is 0.0667. The largest absolute Gasteiger partial charge is 0.355 e. The van der Waals surface area contributed by atoms with Gasteiger partial charge < -0.3 is 10.6 Å². The highest BCUT2D eigenvalue weighted by atomic mass is 19.1. The smallest absolute Gasteiger partial charge is 0.258 e. The minimum Gasteiger partial charge on any atom is -0.355 e. The molecule has 2 rings (SSSR count). The maximum atomic E-state index is 13.5. The molecule has 0 aromatic heterocycles. The molecule has 0 fully saturated rings. The maximum absolute atomic E-state index is 13.5. The molecule has 0 unspecified atom stereocenters. The summed E-state index contributed by atoms with van der Waals surface area (Å²) in [6, 6.07) is 8.67. The van der Waals surface area contributed by atoms with Crippen molar-refractivity contribution < 1.29 is 18.4 Å². The zero-order valence-corrected chi connectivity index (χ0v) is 11.1. The van der Waals surface area contributed by atoms with Gasteiger partial charge in [0.25, 0.3) is 11.8 Å². The van der Waals surface area contributed by atoms with Gasteiger partial charge in [0.15, 0.2) is 0 Å². The second-order valence-electron chi connectivity index (χ2n) is 4.23. The summed E-state index contributed by atoms with van der Waals surface area (Å²) in [5.41, 5.74) is 0.411. The summed E-state index contributed by atoms with van der Waals surface area (Å²) in [7, 11) is 1.50. The van der Waals surface area contributed by atoms with Crippen molar-refractivity contribution in [2.75, 3.05) is 12.4 Å². The number of amides is 2. The zero-order chi connectivity index (χ0) is 15.4. The Balaban J connectivity index is 2.16. The standard InChI is InChI=1S/C15H12F2N2O2/c1-18-14(20)9-2-5-11(6-3-9)19-15(21)12-8-10(16)4-7-13(12)17/h2-8H,1H3,(H,18,20)(H,19,21). The number of hydrogen-bond donors (Lipinski definition) is 2. The molecular weight excluding hydrogens is 278 g/mol. The molecule has 0 aliphatic heterocycles. The van der Waals surface area contributed by atoms with E-state index in [0.29, 0.717) is 11.3 Å².